The van der Waals surface area contributed by atoms with Gasteiger partial charge in [-0.25, -0.2) is 19.2 Å². The number of esters is 4. The molecule has 32 heavy (non-hydrogen) atoms. The maximum Gasteiger partial charge on any atom is 0.334 e. The molecule has 8 heteroatoms. The van der Waals surface area contributed by atoms with Crippen LogP contribution in [0.15, 0.2) is 22.3 Å². The summed E-state index contributed by atoms with van der Waals surface area (Å²) in [4.78, 5) is 51.7. The Balaban J connectivity index is 4.07. The fraction of sp³-hybridized carbons (Fsp3) is 0.667. The molecular formula is C24H36O8. The normalized spacial score (nSPS) is 25.6. The van der Waals surface area contributed by atoms with E-state index in [0.29, 0.717) is 12.8 Å². The van der Waals surface area contributed by atoms with Crippen LogP contribution in [-0.2, 0) is 38.1 Å². The van der Waals surface area contributed by atoms with Gasteiger partial charge in [0, 0.05) is 11.1 Å². The molecule has 0 aromatic carbocycles. The summed E-state index contributed by atoms with van der Waals surface area (Å²) in [6.45, 7) is 7.73. The van der Waals surface area contributed by atoms with Gasteiger partial charge in [-0.3, -0.25) is 0 Å². The molecule has 1 aliphatic carbocycles. The second-order valence-electron chi connectivity index (χ2n) is 8.14. The summed E-state index contributed by atoms with van der Waals surface area (Å²) in [5.41, 5.74) is 0.709. The minimum absolute atomic E-state index is 0.0317. The van der Waals surface area contributed by atoms with Crippen molar-refractivity contribution in [1.82, 2.24) is 0 Å². The Morgan fingerprint density at radius 2 is 0.938 bits per heavy atom. The van der Waals surface area contributed by atoms with Crippen LogP contribution in [0.1, 0.15) is 53.4 Å². The van der Waals surface area contributed by atoms with E-state index in [0.717, 1.165) is 0 Å². The van der Waals surface area contributed by atoms with Gasteiger partial charge in [0.15, 0.2) is 0 Å². The number of hydrogen-bond acceptors (Lipinski definition) is 8. The molecule has 4 atom stereocenters. The molecule has 0 N–H and O–H groups in total. The van der Waals surface area contributed by atoms with E-state index in [1.807, 2.05) is 27.7 Å². The molecule has 180 valence electrons. The SMILES string of the molecule is CCC(C)[C@H]1C/C(C(=O)OC)=C(/C(=O)OC)[C@@H](C(C)CC)C/C(C(=O)OC)=C\1C(=O)OC. The first-order valence-corrected chi connectivity index (χ1v) is 10.9. The molecule has 1 aliphatic rings. The highest BCUT2D eigenvalue weighted by Gasteiger charge is 2.42. The van der Waals surface area contributed by atoms with Crippen LogP contribution < -0.4 is 0 Å². The summed E-state index contributed by atoms with van der Waals surface area (Å²) in [5.74, 6) is -3.95. The van der Waals surface area contributed by atoms with Crippen LogP contribution in [0.3, 0.4) is 0 Å². The molecule has 8 nitrogen and oxygen atoms in total. The molecule has 0 aromatic rings. The number of ether oxygens (including phenoxy) is 4. The lowest BCUT2D eigenvalue weighted by Gasteiger charge is -2.34. The molecule has 2 unspecified atom stereocenters. The zero-order chi connectivity index (χ0) is 24.6. The highest BCUT2D eigenvalue weighted by atomic mass is 16.5. The van der Waals surface area contributed by atoms with Crippen molar-refractivity contribution in [3.8, 4) is 0 Å². The molecule has 0 heterocycles. The van der Waals surface area contributed by atoms with E-state index < -0.39 is 35.7 Å². The number of carbonyl (C=O) groups excluding carboxylic acids is 4. The summed E-state index contributed by atoms with van der Waals surface area (Å²) < 4.78 is 20.1. The molecule has 0 aliphatic heterocycles. The van der Waals surface area contributed by atoms with Crippen LogP contribution in [0.2, 0.25) is 0 Å². The molecule has 0 spiro atoms. The first-order chi connectivity index (χ1) is 15.1. The summed E-state index contributed by atoms with van der Waals surface area (Å²) in [6.07, 6.45) is 1.39. The molecule has 0 aromatic heterocycles. The smallest absolute Gasteiger partial charge is 0.334 e. The molecule has 0 radical (unpaired) electrons. The second kappa shape index (κ2) is 12.4. The predicted molar refractivity (Wildman–Crippen MR) is 117 cm³/mol. The summed E-state index contributed by atoms with van der Waals surface area (Å²) in [5, 5.41) is 0. The predicted octanol–water partition coefficient (Wildman–Crippen LogP) is 3.39. The van der Waals surface area contributed by atoms with Crippen molar-refractivity contribution in [1.29, 1.82) is 0 Å². The lowest BCUT2D eigenvalue weighted by atomic mass is 9.70. The van der Waals surface area contributed by atoms with Crippen molar-refractivity contribution in [2.45, 2.75) is 53.4 Å². The average Bonchev–Trinajstić information content (AvgIpc) is 2.81. The number of methoxy groups -OCH3 is 4. The van der Waals surface area contributed by atoms with E-state index in [9.17, 15) is 19.2 Å². The van der Waals surface area contributed by atoms with Crippen molar-refractivity contribution in [3.63, 3.8) is 0 Å². The zero-order valence-corrected chi connectivity index (χ0v) is 20.4. The van der Waals surface area contributed by atoms with Crippen LogP contribution in [0.5, 0.6) is 0 Å². The summed E-state index contributed by atoms with van der Waals surface area (Å²) >= 11 is 0. The Morgan fingerprint density at radius 3 is 1.16 bits per heavy atom. The summed E-state index contributed by atoms with van der Waals surface area (Å²) in [7, 11) is 4.99. The summed E-state index contributed by atoms with van der Waals surface area (Å²) in [6, 6.07) is 0. The monoisotopic (exact) mass is 452 g/mol. The quantitative estimate of drug-likeness (QED) is 0.408. The van der Waals surface area contributed by atoms with E-state index in [1.165, 1.54) is 28.4 Å². The van der Waals surface area contributed by atoms with Crippen LogP contribution in [0.4, 0.5) is 0 Å². The Hall–Kier alpha value is -2.64. The van der Waals surface area contributed by atoms with Gasteiger partial charge >= 0.3 is 23.9 Å². The van der Waals surface area contributed by atoms with E-state index in [4.69, 9.17) is 18.9 Å². The van der Waals surface area contributed by atoms with Crippen molar-refractivity contribution < 1.29 is 38.1 Å². The van der Waals surface area contributed by atoms with Gasteiger partial charge in [-0.2, -0.15) is 0 Å². The third-order valence-corrected chi connectivity index (χ3v) is 6.58. The highest BCUT2D eigenvalue weighted by Crippen LogP contribution is 2.43. The lowest BCUT2D eigenvalue weighted by Crippen LogP contribution is -2.34. The van der Waals surface area contributed by atoms with Crippen LogP contribution in [0.25, 0.3) is 0 Å². The van der Waals surface area contributed by atoms with Gasteiger partial charge in [-0.05, 0) is 36.5 Å². The molecular weight excluding hydrogens is 416 g/mol. The minimum atomic E-state index is -0.655. The van der Waals surface area contributed by atoms with E-state index >= 15 is 0 Å². The van der Waals surface area contributed by atoms with E-state index in [2.05, 4.69) is 0 Å². The third-order valence-electron chi connectivity index (χ3n) is 6.58. The molecule has 0 bridgehead atoms. The van der Waals surface area contributed by atoms with Crippen molar-refractivity contribution in [2.24, 2.45) is 23.7 Å². The van der Waals surface area contributed by atoms with Crippen LogP contribution in [0, 0.1) is 23.7 Å². The Bertz CT molecular complexity index is 726. The fourth-order valence-corrected chi connectivity index (χ4v) is 4.25. The van der Waals surface area contributed by atoms with Gasteiger partial charge < -0.3 is 18.9 Å². The van der Waals surface area contributed by atoms with Crippen molar-refractivity contribution in [2.75, 3.05) is 28.4 Å². The minimum Gasteiger partial charge on any atom is -0.466 e. The van der Waals surface area contributed by atoms with Gasteiger partial charge in [0.05, 0.1) is 39.6 Å². The van der Waals surface area contributed by atoms with Crippen LogP contribution in [-0.4, -0.2) is 52.3 Å². The van der Waals surface area contributed by atoms with E-state index in [-0.39, 0.29) is 47.0 Å². The highest BCUT2D eigenvalue weighted by molar-refractivity contribution is 6.04. The number of carbonyl (C=O) groups is 4. The lowest BCUT2D eigenvalue weighted by molar-refractivity contribution is -0.141. The Kier molecular flexibility index (Phi) is 10.6. The first kappa shape index (κ1) is 27.4. The van der Waals surface area contributed by atoms with Crippen molar-refractivity contribution >= 4 is 23.9 Å². The molecule has 0 saturated carbocycles. The maximum atomic E-state index is 12.9. The van der Waals surface area contributed by atoms with Crippen molar-refractivity contribution in [3.05, 3.63) is 22.3 Å². The maximum absolute atomic E-state index is 12.9. The van der Waals surface area contributed by atoms with E-state index in [1.54, 1.807) is 0 Å². The molecule has 0 saturated heterocycles. The standard InChI is InChI=1S/C24H36O8/c1-9-13(3)15-11-17(21(25)29-5)20(24(28)32-8)16(14(4)10-2)12-18(22(26)30-6)19(15)23(27)31-7/h13-16H,9-12H2,1-8H3/b19-18-,20-17-/t13?,14?,15-,16-/m1/s1. The largest absolute Gasteiger partial charge is 0.466 e. The number of hydrogen-bond donors (Lipinski definition) is 0. The fourth-order valence-electron chi connectivity index (χ4n) is 4.25. The van der Waals surface area contributed by atoms with Crippen LogP contribution >= 0.6 is 0 Å². The zero-order valence-electron chi connectivity index (χ0n) is 20.4. The first-order valence-electron chi connectivity index (χ1n) is 10.9. The molecule has 1 rings (SSSR count). The number of rotatable bonds is 8. The van der Waals surface area contributed by atoms with Gasteiger partial charge in [-0.15, -0.1) is 0 Å². The molecule has 0 amide bonds. The second-order valence-corrected chi connectivity index (χ2v) is 8.14. The average molecular weight is 453 g/mol. The van der Waals surface area contributed by atoms with Gasteiger partial charge in [0.1, 0.15) is 0 Å². The van der Waals surface area contributed by atoms with Gasteiger partial charge in [-0.1, -0.05) is 40.5 Å². The van der Waals surface area contributed by atoms with Gasteiger partial charge in [0.25, 0.3) is 0 Å². The Morgan fingerprint density at radius 1 is 0.656 bits per heavy atom. The Labute approximate surface area is 190 Å². The third kappa shape index (κ3) is 5.78. The van der Waals surface area contributed by atoms with Gasteiger partial charge in [0.2, 0.25) is 0 Å². The topological polar surface area (TPSA) is 105 Å². The molecule has 0 fully saturated rings.